The van der Waals surface area contributed by atoms with Gasteiger partial charge in [-0.25, -0.2) is 0 Å². The fourth-order valence-corrected chi connectivity index (χ4v) is 4.23. The van der Waals surface area contributed by atoms with Crippen LogP contribution in [0.2, 0.25) is 0 Å². The molecule has 4 rings (SSSR count). The maximum absolute atomic E-state index is 12.9. The average Bonchev–Trinajstić information content (AvgIpc) is 3.01. The Morgan fingerprint density at radius 2 is 2.08 bits per heavy atom. The number of rotatable bonds is 0. The number of halogens is 3. The van der Waals surface area contributed by atoms with Crippen LogP contribution in [-0.2, 0) is 28.7 Å². The first-order valence-electron chi connectivity index (χ1n) is 7.78. The highest BCUT2D eigenvalue weighted by atomic mass is 19.4. The normalized spacial score (nSPS) is 32.4. The molecule has 3 heterocycles. The number of carbonyl (C=O) groups excluding carboxylic acids is 2. The maximum Gasteiger partial charge on any atom is 0.417 e. The molecule has 0 radical (unpaired) electrons. The summed E-state index contributed by atoms with van der Waals surface area (Å²) in [6, 6.07) is 0.489. The van der Waals surface area contributed by atoms with Crippen LogP contribution < -0.4 is 0 Å². The summed E-state index contributed by atoms with van der Waals surface area (Å²) >= 11 is 0. The molecule has 3 unspecified atom stereocenters. The van der Waals surface area contributed by atoms with Crippen LogP contribution in [0.3, 0.4) is 0 Å². The molecule has 5 nitrogen and oxygen atoms in total. The third-order valence-electron chi connectivity index (χ3n) is 5.51. The molecular formula is C16H15F3N2O3. The molecule has 1 saturated heterocycles. The van der Waals surface area contributed by atoms with Crippen LogP contribution in [0.1, 0.15) is 36.1 Å². The van der Waals surface area contributed by atoms with Crippen LogP contribution in [0.4, 0.5) is 13.2 Å². The van der Waals surface area contributed by atoms with E-state index in [9.17, 15) is 27.9 Å². The Labute approximate surface area is 135 Å². The van der Waals surface area contributed by atoms with Crippen molar-refractivity contribution >= 4 is 11.7 Å². The molecule has 1 spiro atoms. The van der Waals surface area contributed by atoms with Crippen molar-refractivity contribution < 1.29 is 27.9 Å². The minimum absolute atomic E-state index is 0.0112. The van der Waals surface area contributed by atoms with Crippen LogP contribution in [0.25, 0.3) is 0 Å². The second-order valence-corrected chi connectivity index (χ2v) is 6.85. The van der Waals surface area contributed by atoms with Crippen molar-refractivity contribution in [1.29, 1.82) is 0 Å². The van der Waals surface area contributed by atoms with Crippen molar-refractivity contribution in [1.82, 2.24) is 9.88 Å². The van der Waals surface area contributed by atoms with E-state index in [0.29, 0.717) is 17.7 Å². The number of fused-ring (bicyclic) bond motifs is 2. The summed E-state index contributed by atoms with van der Waals surface area (Å²) in [6.07, 6.45) is -3.93. The Kier molecular flexibility index (Phi) is 3.10. The molecule has 1 saturated carbocycles. The van der Waals surface area contributed by atoms with E-state index in [0.717, 1.165) is 12.3 Å². The lowest BCUT2D eigenvalue weighted by Gasteiger charge is -2.32. The van der Waals surface area contributed by atoms with E-state index in [1.54, 1.807) is 0 Å². The quantitative estimate of drug-likeness (QED) is 0.776. The number of hydrogen-bond acceptors (Lipinski definition) is 4. The first kappa shape index (κ1) is 15.6. The first-order chi connectivity index (χ1) is 11.2. The number of aliphatic hydroxyl groups excluding tert-OH is 1. The van der Waals surface area contributed by atoms with E-state index in [1.807, 2.05) is 0 Å². The zero-order chi connectivity index (χ0) is 17.3. The van der Waals surface area contributed by atoms with Crippen molar-refractivity contribution in [2.45, 2.75) is 50.6 Å². The molecule has 8 heteroatoms. The molecule has 1 aromatic rings. The average molecular weight is 340 g/mol. The molecule has 3 aliphatic rings. The smallest absolute Gasteiger partial charge is 0.390 e. The third kappa shape index (κ3) is 2.02. The van der Waals surface area contributed by atoms with E-state index >= 15 is 0 Å². The van der Waals surface area contributed by atoms with E-state index in [1.165, 1.54) is 4.90 Å². The van der Waals surface area contributed by atoms with Crippen LogP contribution in [0.15, 0.2) is 12.3 Å². The highest BCUT2D eigenvalue weighted by Gasteiger charge is 2.62. The molecule has 1 aromatic heterocycles. The number of carbonyl (C=O) groups is 2. The van der Waals surface area contributed by atoms with Gasteiger partial charge in [0.15, 0.2) is 0 Å². The predicted molar refractivity (Wildman–Crippen MR) is 74.6 cm³/mol. The van der Waals surface area contributed by atoms with Crippen molar-refractivity contribution in [2.75, 3.05) is 0 Å². The van der Waals surface area contributed by atoms with E-state index in [-0.39, 0.29) is 37.5 Å². The molecule has 1 amide bonds. The molecule has 2 fully saturated rings. The minimum Gasteiger partial charge on any atom is -0.390 e. The van der Waals surface area contributed by atoms with Crippen LogP contribution >= 0.6 is 0 Å². The summed E-state index contributed by atoms with van der Waals surface area (Å²) in [6.45, 7) is -0.0112. The summed E-state index contributed by atoms with van der Waals surface area (Å²) in [5.41, 5.74) is -1.13. The number of aromatic nitrogens is 1. The van der Waals surface area contributed by atoms with Gasteiger partial charge in [0.05, 0.1) is 23.1 Å². The second kappa shape index (κ2) is 4.78. The molecule has 1 N–H and O–H groups in total. The Morgan fingerprint density at radius 1 is 1.33 bits per heavy atom. The molecule has 3 atom stereocenters. The van der Waals surface area contributed by atoms with Gasteiger partial charge in [0.2, 0.25) is 5.91 Å². The first-order valence-corrected chi connectivity index (χ1v) is 7.78. The van der Waals surface area contributed by atoms with Crippen molar-refractivity contribution in [3.8, 4) is 0 Å². The Morgan fingerprint density at radius 3 is 2.71 bits per heavy atom. The minimum atomic E-state index is -4.49. The fraction of sp³-hybridized carbons (Fsp3) is 0.562. The van der Waals surface area contributed by atoms with Crippen LogP contribution in [0, 0.1) is 5.41 Å². The van der Waals surface area contributed by atoms with Gasteiger partial charge in [0.1, 0.15) is 5.78 Å². The number of aliphatic hydroxyl groups is 1. The summed E-state index contributed by atoms with van der Waals surface area (Å²) in [4.78, 5) is 29.8. The molecule has 0 aromatic carbocycles. The van der Waals surface area contributed by atoms with Gasteiger partial charge in [-0.15, -0.1) is 0 Å². The molecule has 2 aliphatic heterocycles. The fourth-order valence-electron chi connectivity index (χ4n) is 4.23. The molecular weight excluding hydrogens is 325 g/mol. The van der Waals surface area contributed by atoms with Crippen molar-refractivity contribution in [2.24, 2.45) is 5.41 Å². The summed E-state index contributed by atoms with van der Waals surface area (Å²) in [5.74, 6) is -0.383. The number of amides is 1. The molecule has 24 heavy (non-hydrogen) atoms. The van der Waals surface area contributed by atoms with Gasteiger partial charge >= 0.3 is 6.18 Å². The summed E-state index contributed by atoms with van der Waals surface area (Å²) in [5, 5.41) is 10.6. The maximum atomic E-state index is 12.9. The zero-order valence-electron chi connectivity index (χ0n) is 12.6. The molecule has 128 valence electrons. The molecule has 1 aliphatic carbocycles. The van der Waals surface area contributed by atoms with Gasteiger partial charge in [-0.1, -0.05) is 0 Å². The second-order valence-electron chi connectivity index (χ2n) is 6.85. The van der Waals surface area contributed by atoms with Crippen LogP contribution in [0.5, 0.6) is 0 Å². The highest BCUT2D eigenvalue weighted by molar-refractivity contribution is 5.95. The lowest BCUT2D eigenvalue weighted by Crippen LogP contribution is -2.42. The van der Waals surface area contributed by atoms with Crippen molar-refractivity contribution in [3.05, 3.63) is 29.1 Å². The zero-order valence-corrected chi connectivity index (χ0v) is 12.6. The van der Waals surface area contributed by atoms with Gasteiger partial charge in [-0.3, -0.25) is 14.6 Å². The number of pyridine rings is 1. The number of nitrogens with zero attached hydrogens (tertiary/aromatic N) is 2. The number of hydrogen-bond donors (Lipinski definition) is 1. The van der Waals surface area contributed by atoms with E-state index in [4.69, 9.17) is 0 Å². The van der Waals surface area contributed by atoms with Gasteiger partial charge in [0.25, 0.3) is 0 Å². The van der Waals surface area contributed by atoms with E-state index in [2.05, 4.69) is 4.98 Å². The Balaban J connectivity index is 1.70. The molecule has 0 bridgehead atoms. The lowest BCUT2D eigenvalue weighted by atomic mass is 9.79. The monoisotopic (exact) mass is 340 g/mol. The third-order valence-corrected chi connectivity index (χ3v) is 5.51. The Bertz CT molecular complexity index is 749. The number of ketones is 1. The van der Waals surface area contributed by atoms with Gasteiger partial charge in [0, 0.05) is 37.7 Å². The number of Topliss-reactive ketones (excluding diaryl/α,β-unsaturated/α-hetero) is 1. The van der Waals surface area contributed by atoms with Gasteiger partial charge < -0.3 is 10.0 Å². The van der Waals surface area contributed by atoms with Crippen LogP contribution in [-0.4, -0.2) is 38.8 Å². The number of alkyl halides is 3. The largest absolute Gasteiger partial charge is 0.417 e. The Hall–Kier alpha value is -1.96. The van der Waals surface area contributed by atoms with Gasteiger partial charge in [-0.2, -0.15) is 13.2 Å². The SMILES string of the molecule is O=C1CCC2(C1)C(=O)N1Cc3cc(C(F)(F)F)cnc3CC1C2O. The summed E-state index contributed by atoms with van der Waals surface area (Å²) < 4.78 is 38.6. The van der Waals surface area contributed by atoms with E-state index < -0.39 is 29.3 Å². The summed E-state index contributed by atoms with van der Waals surface area (Å²) in [7, 11) is 0. The standard InChI is InChI=1S/C16H15F3N2O3/c17-16(18,19)9-3-8-7-21-12(4-11(8)20-6-9)13(23)15(14(21)24)2-1-10(22)5-15/h3,6,12-13,23H,1-2,4-5,7H2. The van der Waals surface area contributed by atoms with Crippen molar-refractivity contribution in [3.63, 3.8) is 0 Å². The topological polar surface area (TPSA) is 70.5 Å². The highest BCUT2D eigenvalue weighted by Crippen LogP contribution is 2.50. The van der Waals surface area contributed by atoms with Gasteiger partial charge in [-0.05, 0) is 18.1 Å². The lowest BCUT2D eigenvalue weighted by molar-refractivity contribution is -0.139. The predicted octanol–water partition coefficient (Wildman–Crippen LogP) is 1.47.